The summed E-state index contributed by atoms with van der Waals surface area (Å²) < 4.78 is 0. The zero-order chi connectivity index (χ0) is 12.8. The average molecular weight is 252 g/mol. The van der Waals surface area contributed by atoms with Crippen LogP contribution in [0.5, 0.6) is 0 Å². The normalized spacial score (nSPS) is 18.9. The molecule has 0 unspecified atom stereocenters. The van der Waals surface area contributed by atoms with E-state index in [1.807, 2.05) is 33.8 Å². The second kappa shape index (κ2) is 4.02. The van der Waals surface area contributed by atoms with Gasteiger partial charge in [-0.2, -0.15) is 0 Å². The molecule has 0 atom stereocenters. The summed E-state index contributed by atoms with van der Waals surface area (Å²) in [7, 11) is 0. The topological polar surface area (TPSA) is 20.3 Å². The Kier molecular flexibility index (Phi) is 2.94. The van der Waals surface area contributed by atoms with E-state index in [9.17, 15) is 4.79 Å². The number of hydrogen-bond donors (Lipinski definition) is 0. The Hall–Kier alpha value is -1.02. The van der Waals surface area contributed by atoms with Gasteiger partial charge >= 0.3 is 0 Å². The van der Waals surface area contributed by atoms with Crippen molar-refractivity contribution >= 4 is 23.1 Å². The van der Waals surface area contributed by atoms with Crippen molar-refractivity contribution < 1.29 is 4.79 Å². The monoisotopic (exact) mass is 251 g/mol. The summed E-state index contributed by atoms with van der Waals surface area (Å²) in [6.07, 6.45) is 0.608. The Morgan fingerprint density at radius 1 is 1.29 bits per heavy atom. The van der Waals surface area contributed by atoms with Crippen LogP contribution < -0.4 is 4.90 Å². The molecule has 1 heterocycles. The van der Waals surface area contributed by atoms with Gasteiger partial charge in [0.1, 0.15) is 0 Å². The molecule has 17 heavy (non-hydrogen) atoms. The highest BCUT2D eigenvalue weighted by atomic mass is 35.5. The van der Waals surface area contributed by atoms with Crippen molar-refractivity contribution in [3.8, 4) is 0 Å². The molecule has 3 heteroatoms. The number of anilines is 1. The van der Waals surface area contributed by atoms with Crippen molar-refractivity contribution in [2.45, 2.75) is 39.7 Å². The SMILES string of the molecule is Cc1cc(C)c(N2CCC(=O)C2(C)C)c(Cl)c1. The summed E-state index contributed by atoms with van der Waals surface area (Å²) in [4.78, 5) is 14.0. The maximum Gasteiger partial charge on any atom is 0.159 e. The van der Waals surface area contributed by atoms with E-state index < -0.39 is 5.54 Å². The molecule has 0 N–H and O–H groups in total. The molecule has 1 aliphatic rings. The van der Waals surface area contributed by atoms with Crippen molar-refractivity contribution in [2.24, 2.45) is 0 Å². The minimum absolute atomic E-state index is 0.286. The molecule has 1 aliphatic heterocycles. The number of nitrogens with zero attached hydrogens (tertiary/aromatic N) is 1. The Balaban J connectivity index is 2.52. The first-order valence-corrected chi connectivity index (χ1v) is 6.29. The van der Waals surface area contributed by atoms with Crippen LogP contribution in [0, 0.1) is 13.8 Å². The number of halogens is 1. The number of benzene rings is 1. The molecule has 1 saturated heterocycles. The van der Waals surface area contributed by atoms with Gasteiger partial charge in [0.05, 0.1) is 16.2 Å². The predicted molar refractivity (Wildman–Crippen MR) is 72.0 cm³/mol. The molecule has 2 nitrogen and oxygen atoms in total. The second-order valence-electron chi connectivity index (χ2n) is 5.30. The highest BCUT2D eigenvalue weighted by molar-refractivity contribution is 6.33. The summed E-state index contributed by atoms with van der Waals surface area (Å²) >= 11 is 6.34. The number of rotatable bonds is 1. The van der Waals surface area contributed by atoms with E-state index in [1.54, 1.807) is 0 Å². The van der Waals surface area contributed by atoms with Crippen LogP contribution in [0.4, 0.5) is 5.69 Å². The van der Waals surface area contributed by atoms with Crippen LogP contribution in [0.3, 0.4) is 0 Å². The Labute approximate surface area is 108 Å². The van der Waals surface area contributed by atoms with E-state index in [1.165, 1.54) is 0 Å². The summed E-state index contributed by atoms with van der Waals surface area (Å²) in [6, 6.07) is 4.07. The maximum atomic E-state index is 11.9. The summed E-state index contributed by atoms with van der Waals surface area (Å²) in [5.74, 6) is 0.286. The molecule has 0 radical (unpaired) electrons. The van der Waals surface area contributed by atoms with Crippen LogP contribution in [0.25, 0.3) is 0 Å². The molecule has 1 aromatic carbocycles. The highest BCUT2D eigenvalue weighted by Gasteiger charge is 2.41. The van der Waals surface area contributed by atoms with Gasteiger partial charge in [-0.15, -0.1) is 0 Å². The first kappa shape index (κ1) is 12.4. The fourth-order valence-corrected chi connectivity index (χ4v) is 3.01. The molecule has 0 amide bonds. The van der Waals surface area contributed by atoms with Gasteiger partial charge in [0.2, 0.25) is 0 Å². The largest absolute Gasteiger partial charge is 0.357 e. The Bertz CT molecular complexity index is 456. The molecule has 0 aromatic heterocycles. The quantitative estimate of drug-likeness (QED) is 0.761. The lowest BCUT2D eigenvalue weighted by atomic mass is 9.99. The van der Waals surface area contributed by atoms with Gasteiger partial charge in [-0.25, -0.2) is 0 Å². The average Bonchev–Trinajstić information content (AvgIpc) is 2.43. The third-order valence-electron chi connectivity index (χ3n) is 3.59. The number of carbonyl (C=O) groups is 1. The minimum atomic E-state index is -0.441. The first-order chi connectivity index (χ1) is 7.84. The third kappa shape index (κ3) is 1.95. The zero-order valence-electron chi connectivity index (χ0n) is 10.8. The van der Waals surface area contributed by atoms with Crippen molar-refractivity contribution in [1.82, 2.24) is 0 Å². The molecule has 0 spiro atoms. The molecule has 2 rings (SSSR count). The van der Waals surface area contributed by atoms with Gasteiger partial charge in [-0.3, -0.25) is 4.79 Å². The molecular formula is C14H18ClNO. The highest BCUT2D eigenvalue weighted by Crippen LogP contribution is 2.38. The lowest BCUT2D eigenvalue weighted by Crippen LogP contribution is -2.43. The van der Waals surface area contributed by atoms with Crippen LogP contribution in [0.2, 0.25) is 5.02 Å². The second-order valence-corrected chi connectivity index (χ2v) is 5.70. The number of ketones is 1. The summed E-state index contributed by atoms with van der Waals surface area (Å²) in [5, 5.41) is 0.741. The molecule has 0 aliphatic carbocycles. The van der Waals surface area contributed by atoms with E-state index in [2.05, 4.69) is 11.0 Å². The van der Waals surface area contributed by atoms with Gasteiger partial charge in [-0.1, -0.05) is 17.7 Å². The van der Waals surface area contributed by atoms with Gasteiger partial charge in [0, 0.05) is 13.0 Å². The minimum Gasteiger partial charge on any atom is -0.357 e. The number of aryl methyl sites for hydroxylation is 2. The van der Waals surface area contributed by atoms with Gasteiger partial charge in [0.15, 0.2) is 5.78 Å². The first-order valence-electron chi connectivity index (χ1n) is 5.91. The molecule has 1 aromatic rings. The van der Waals surface area contributed by atoms with E-state index in [0.29, 0.717) is 6.42 Å². The van der Waals surface area contributed by atoms with Crippen LogP contribution in [-0.4, -0.2) is 17.9 Å². The lowest BCUT2D eigenvalue weighted by molar-refractivity contribution is -0.120. The fourth-order valence-electron chi connectivity index (χ4n) is 2.59. The van der Waals surface area contributed by atoms with E-state index in [-0.39, 0.29) is 5.78 Å². The smallest absolute Gasteiger partial charge is 0.159 e. The van der Waals surface area contributed by atoms with Gasteiger partial charge in [-0.05, 0) is 44.9 Å². The van der Waals surface area contributed by atoms with Crippen LogP contribution in [0.1, 0.15) is 31.4 Å². The Morgan fingerprint density at radius 2 is 1.94 bits per heavy atom. The standard InChI is InChI=1S/C14H18ClNO/c1-9-7-10(2)13(11(15)8-9)16-6-5-12(17)14(16,3)4/h7-8H,5-6H2,1-4H3. The van der Waals surface area contributed by atoms with Crippen molar-refractivity contribution in [2.75, 3.05) is 11.4 Å². The lowest BCUT2D eigenvalue weighted by Gasteiger charge is -2.34. The van der Waals surface area contributed by atoms with Gasteiger partial charge < -0.3 is 4.90 Å². The molecule has 92 valence electrons. The van der Waals surface area contributed by atoms with Crippen molar-refractivity contribution in [3.05, 3.63) is 28.3 Å². The fraction of sp³-hybridized carbons (Fsp3) is 0.500. The third-order valence-corrected chi connectivity index (χ3v) is 3.88. The Morgan fingerprint density at radius 3 is 2.41 bits per heavy atom. The predicted octanol–water partition coefficient (Wildman–Crippen LogP) is 3.51. The molecule has 1 fully saturated rings. The number of Topliss-reactive ketones (excluding diaryl/α,β-unsaturated/α-hetero) is 1. The van der Waals surface area contributed by atoms with Crippen molar-refractivity contribution in [3.63, 3.8) is 0 Å². The summed E-state index contributed by atoms with van der Waals surface area (Å²) in [5.41, 5.74) is 2.86. The van der Waals surface area contributed by atoms with Crippen LogP contribution in [0.15, 0.2) is 12.1 Å². The van der Waals surface area contributed by atoms with Crippen LogP contribution in [-0.2, 0) is 4.79 Å². The van der Waals surface area contributed by atoms with Gasteiger partial charge in [0.25, 0.3) is 0 Å². The van der Waals surface area contributed by atoms with E-state index in [0.717, 1.165) is 28.4 Å². The number of hydrogen-bond acceptors (Lipinski definition) is 2. The molecular weight excluding hydrogens is 234 g/mol. The maximum absolute atomic E-state index is 11.9. The van der Waals surface area contributed by atoms with E-state index >= 15 is 0 Å². The van der Waals surface area contributed by atoms with E-state index in [4.69, 9.17) is 11.6 Å². The molecule has 0 saturated carbocycles. The zero-order valence-corrected chi connectivity index (χ0v) is 11.6. The van der Waals surface area contributed by atoms with Crippen LogP contribution >= 0.6 is 11.6 Å². The van der Waals surface area contributed by atoms with Crippen molar-refractivity contribution in [1.29, 1.82) is 0 Å². The summed E-state index contributed by atoms with van der Waals surface area (Å²) in [6.45, 7) is 8.78. The molecule has 0 bridgehead atoms. The number of carbonyl (C=O) groups excluding carboxylic acids is 1.